The molecule has 1 aromatic carbocycles. The number of benzene rings is 1. The van der Waals surface area contributed by atoms with Gasteiger partial charge in [-0.15, -0.1) is 23.1 Å². The molecule has 2 saturated heterocycles. The monoisotopic (exact) mass is 439 g/mol. The third-order valence-corrected chi connectivity index (χ3v) is 8.89. The van der Waals surface area contributed by atoms with Crippen molar-refractivity contribution in [3.8, 4) is 0 Å². The molecule has 1 aromatic heterocycles. The number of ether oxygens (including phenoxy) is 1. The molecule has 2 fully saturated rings. The van der Waals surface area contributed by atoms with Crippen molar-refractivity contribution in [3.63, 3.8) is 0 Å². The van der Waals surface area contributed by atoms with Gasteiger partial charge in [0.2, 0.25) is 0 Å². The quantitative estimate of drug-likeness (QED) is 0.515. The Morgan fingerprint density at radius 1 is 1.18 bits per heavy atom. The smallest absolute Gasteiger partial charge is 0.126 e. The highest BCUT2D eigenvalue weighted by molar-refractivity contribution is 8.01. The predicted molar refractivity (Wildman–Crippen MR) is 117 cm³/mol. The Labute approximate surface area is 178 Å². The molecule has 4 rings (SSSR count). The van der Waals surface area contributed by atoms with Crippen LogP contribution in [0.15, 0.2) is 40.6 Å². The zero-order chi connectivity index (χ0) is 19.3. The fraction of sp³-hybridized carbons (Fsp3) is 0.500. The van der Waals surface area contributed by atoms with Crippen LogP contribution in [0.4, 0.5) is 4.39 Å². The van der Waals surface area contributed by atoms with E-state index in [-0.39, 0.29) is 11.7 Å². The van der Waals surface area contributed by atoms with E-state index in [0.717, 1.165) is 50.6 Å². The molecular formula is C20H26FN3OS3. The first kappa shape index (κ1) is 20.7. The number of thiophene rings is 1. The highest BCUT2D eigenvalue weighted by Crippen LogP contribution is 2.40. The maximum absolute atomic E-state index is 14.4. The van der Waals surface area contributed by atoms with Gasteiger partial charge < -0.3 is 10.5 Å². The van der Waals surface area contributed by atoms with Crippen LogP contribution in [0.5, 0.6) is 0 Å². The van der Waals surface area contributed by atoms with Crippen molar-refractivity contribution >= 4 is 35.2 Å². The van der Waals surface area contributed by atoms with Crippen molar-refractivity contribution in [2.75, 3.05) is 38.6 Å². The molecule has 2 aliphatic heterocycles. The van der Waals surface area contributed by atoms with Gasteiger partial charge in [-0.3, -0.25) is 0 Å². The van der Waals surface area contributed by atoms with Gasteiger partial charge in [-0.05, 0) is 30.2 Å². The van der Waals surface area contributed by atoms with Gasteiger partial charge in [-0.2, -0.15) is 0 Å². The van der Waals surface area contributed by atoms with Crippen molar-refractivity contribution in [3.05, 3.63) is 52.7 Å². The minimum atomic E-state index is -0.0806. The molecule has 152 valence electrons. The lowest BCUT2D eigenvalue weighted by Crippen LogP contribution is -2.36. The van der Waals surface area contributed by atoms with Crippen LogP contribution in [0.2, 0.25) is 0 Å². The number of halogens is 1. The Hall–Kier alpha value is -0.610. The van der Waals surface area contributed by atoms with E-state index in [1.54, 1.807) is 23.5 Å². The van der Waals surface area contributed by atoms with Crippen LogP contribution in [0.3, 0.4) is 0 Å². The van der Waals surface area contributed by atoms with Crippen molar-refractivity contribution in [2.24, 2.45) is 5.73 Å². The second-order valence-corrected chi connectivity index (χ2v) is 10.7. The number of nitrogens with two attached hydrogens (primary N) is 1. The first-order valence-electron chi connectivity index (χ1n) is 9.66. The summed E-state index contributed by atoms with van der Waals surface area (Å²) < 4.78 is 26.0. The fourth-order valence-electron chi connectivity index (χ4n) is 3.67. The van der Waals surface area contributed by atoms with Crippen LogP contribution in [0.1, 0.15) is 22.8 Å². The van der Waals surface area contributed by atoms with Gasteiger partial charge in [0.15, 0.2) is 0 Å². The van der Waals surface area contributed by atoms with E-state index in [9.17, 15) is 4.39 Å². The topological polar surface area (TPSA) is 41.7 Å². The molecule has 4 nitrogen and oxygen atoms in total. The van der Waals surface area contributed by atoms with E-state index < -0.39 is 0 Å². The van der Waals surface area contributed by atoms with Gasteiger partial charge in [0, 0.05) is 60.9 Å². The summed E-state index contributed by atoms with van der Waals surface area (Å²) in [6.07, 6.45) is 0.987. The highest BCUT2D eigenvalue weighted by atomic mass is 32.2. The van der Waals surface area contributed by atoms with Crippen molar-refractivity contribution in [1.82, 2.24) is 8.61 Å². The number of hydrogen-bond acceptors (Lipinski definition) is 7. The van der Waals surface area contributed by atoms with Gasteiger partial charge >= 0.3 is 0 Å². The Morgan fingerprint density at radius 2 is 2.00 bits per heavy atom. The number of morpholine rings is 1. The summed E-state index contributed by atoms with van der Waals surface area (Å²) in [5.74, 6) is 1.17. The highest BCUT2D eigenvalue weighted by Gasteiger charge is 2.36. The third-order valence-electron chi connectivity index (χ3n) is 5.16. The molecule has 0 amide bonds. The van der Waals surface area contributed by atoms with E-state index in [0.29, 0.717) is 12.6 Å². The lowest BCUT2D eigenvalue weighted by molar-refractivity contribution is 0.0757. The molecule has 2 aromatic rings. The zero-order valence-corrected chi connectivity index (χ0v) is 18.2. The SMILES string of the molecule is NCc1ccc(SCC2CC(c3ccccc3F)CN2SN2CCOCC2)s1. The van der Waals surface area contributed by atoms with E-state index in [2.05, 4.69) is 20.7 Å². The van der Waals surface area contributed by atoms with Gasteiger partial charge in [-0.25, -0.2) is 13.0 Å². The largest absolute Gasteiger partial charge is 0.379 e. The molecule has 0 bridgehead atoms. The molecule has 2 N–H and O–H groups in total. The molecule has 8 heteroatoms. The number of nitrogens with zero attached hydrogens (tertiary/aromatic N) is 2. The number of hydrogen-bond donors (Lipinski definition) is 1. The van der Waals surface area contributed by atoms with Crippen molar-refractivity contribution in [2.45, 2.75) is 29.1 Å². The van der Waals surface area contributed by atoms with E-state index in [1.165, 1.54) is 9.09 Å². The molecule has 0 spiro atoms. The van der Waals surface area contributed by atoms with Crippen LogP contribution in [0, 0.1) is 5.82 Å². The lowest BCUT2D eigenvalue weighted by atomic mass is 9.96. The maximum Gasteiger partial charge on any atom is 0.126 e. The van der Waals surface area contributed by atoms with Gasteiger partial charge in [0.1, 0.15) is 5.82 Å². The molecule has 3 heterocycles. The average Bonchev–Trinajstić information content (AvgIpc) is 3.34. The number of thioether (sulfide) groups is 1. The normalized spacial score (nSPS) is 24.1. The van der Waals surface area contributed by atoms with E-state index in [4.69, 9.17) is 10.5 Å². The first-order valence-corrected chi connectivity index (χ1v) is 12.2. The van der Waals surface area contributed by atoms with Crippen LogP contribution in [-0.2, 0) is 11.3 Å². The summed E-state index contributed by atoms with van der Waals surface area (Å²) in [4.78, 5) is 1.22. The third kappa shape index (κ3) is 5.11. The number of rotatable bonds is 7. The summed E-state index contributed by atoms with van der Waals surface area (Å²) in [6, 6.07) is 11.9. The van der Waals surface area contributed by atoms with Crippen molar-refractivity contribution < 1.29 is 9.13 Å². The van der Waals surface area contributed by atoms with E-state index >= 15 is 0 Å². The summed E-state index contributed by atoms with van der Waals surface area (Å²) in [5.41, 5.74) is 6.59. The predicted octanol–water partition coefficient (Wildman–Crippen LogP) is 4.19. The van der Waals surface area contributed by atoms with E-state index in [1.807, 2.05) is 36.0 Å². The molecule has 2 aliphatic rings. The molecule has 0 radical (unpaired) electrons. The Bertz CT molecular complexity index is 769. The second kappa shape index (κ2) is 9.93. The molecular weight excluding hydrogens is 413 g/mol. The molecule has 2 atom stereocenters. The maximum atomic E-state index is 14.4. The summed E-state index contributed by atoms with van der Waals surface area (Å²) in [5, 5.41) is 0. The lowest BCUT2D eigenvalue weighted by Gasteiger charge is -2.31. The Morgan fingerprint density at radius 3 is 2.75 bits per heavy atom. The van der Waals surface area contributed by atoms with Gasteiger partial charge in [0.05, 0.1) is 17.4 Å². The molecule has 2 unspecified atom stereocenters. The summed E-state index contributed by atoms with van der Waals surface area (Å²) in [7, 11) is 0. The fourth-order valence-corrected chi connectivity index (χ4v) is 7.13. The van der Waals surface area contributed by atoms with Crippen LogP contribution in [0.25, 0.3) is 0 Å². The minimum absolute atomic E-state index is 0.0806. The minimum Gasteiger partial charge on any atom is -0.379 e. The Kier molecular flexibility index (Phi) is 7.33. The van der Waals surface area contributed by atoms with Gasteiger partial charge in [-0.1, -0.05) is 18.2 Å². The van der Waals surface area contributed by atoms with Crippen molar-refractivity contribution in [1.29, 1.82) is 0 Å². The van der Waals surface area contributed by atoms with Crippen LogP contribution in [-0.4, -0.2) is 53.3 Å². The van der Waals surface area contributed by atoms with Gasteiger partial charge in [0.25, 0.3) is 0 Å². The first-order chi connectivity index (χ1) is 13.7. The molecule has 0 saturated carbocycles. The zero-order valence-electron chi connectivity index (χ0n) is 15.8. The second-order valence-electron chi connectivity index (χ2n) is 7.07. The summed E-state index contributed by atoms with van der Waals surface area (Å²) in [6.45, 7) is 4.93. The average molecular weight is 440 g/mol. The summed E-state index contributed by atoms with van der Waals surface area (Å²) >= 11 is 5.49. The van der Waals surface area contributed by atoms with Crippen LogP contribution >= 0.6 is 35.2 Å². The standard InChI is InChI=1S/C20H26FN3OS3/c21-19-4-2-1-3-18(19)15-11-16(14-26-20-6-5-17(12-22)27-20)24(13-15)28-23-7-9-25-10-8-23/h1-6,15-16H,7-14,22H2. The van der Waals surface area contributed by atoms with Crippen LogP contribution < -0.4 is 5.73 Å². The molecule has 0 aliphatic carbocycles. The molecule has 28 heavy (non-hydrogen) atoms. The Balaban J connectivity index is 1.44.